The van der Waals surface area contributed by atoms with Crippen molar-refractivity contribution in [3.05, 3.63) is 54.6 Å². The molecule has 2 unspecified atom stereocenters. The van der Waals surface area contributed by atoms with Crippen molar-refractivity contribution >= 4 is 41.5 Å². The van der Waals surface area contributed by atoms with Crippen LogP contribution < -0.4 is 15.3 Å². The Bertz CT molecular complexity index is 1670. The highest BCUT2D eigenvalue weighted by atomic mass is 31.2. The molecule has 0 amide bonds. The number of rotatable bonds is 13. The second kappa shape index (κ2) is 13.5. The lowest BCUT2D eigenvalue weighted by Crippen LogP contribution is -2.37. The van der Waals surface area contributed by atoms with Crippen molar-refractivity contribution in [2.75, 3.05) is 18.9 Å². The standard InChI is InChI=1S/C29H36FN6O7P/c1-4-5-8-14-40-29(38)17(2)35-44(39,43-21-13-9-11-19-10-6-7-12-20(19)21)41-15-22-25(37)23(30)28(42-22)36-16-32-24-26(31)33-18(3)34-27(24)36/h6-7,9-13,16-17,22-23,25,28,37H,4-5,8,14-15H2,1-3H3,(H,35,39)(H2,31,33,34)/t17-,22-,23-,25?,28-,44?/m1/s1. The number of aryl methyl sites for hydroxylation is 1. The molecular weight excluding hydrogens is 594 g/mol. The minimum absolute atomic E-state index is 0.121. The monoisotopic (exact) mass is 630 g/mol. The third-order valence-electron chi connectivity index (χ3n) is 7.20. The van der Waals surface area contributed by atoms with Crippen molar-refractivity contribution < 1.29 is 37.4 Å². The second-order valence-electron chi connectivity index (χ2n) is 10.6. The number of benzene rings is 2. The molecule has 0 aliphatic carbocycles. The molecule has 0 spiro atoms. The van der Waals surface area contributed by atoms with Gasteiger partial charge in [0.25, 0.3) is 0 Å². The number of nitrogen functional groups attached to an aromatic ring is 1. The maximum absolute atomic E-state index is 15.4. The summed E-state index contributed by atoms with van der Waals surface area (Å²) in [5.74, 6) is 0.0574. The highest BCUT2D eigenvalue weighted by Crippen LogP contribution is 2.48. The summed E-state index contributed by atoms with van der Waals surface area (Å²) in [5, 5.41) is 14.9. The first-order chi connectivity index (χ1) is 21.1. The molecule has 13 nitrogen and oxygen atoms in total. The maximum Gasteiger partial charge on any atom is 0.459 e. The van der Waals surface area contributed by atoms with Gasteiger partial charge < -0.3 is 24.8 Å². The molecule has 236 valence electrons. The minimum Gasteiger partial charge on any atom is -0.465 e. The molecule has 2 aromatic heterocycles. The van der Waals surface area contributed by atoms with Crippen LogP contribution in [0.15, 0.2) is 48.8 Å². The van der Waals surface area contributed by atoms with Gasteiger partial charge >= 0.3 is 13.7 Å². The van der Waals surface area contributed by atoms with Crippen molar-refractivity contribution in [2.45, 2.75) is 70.7 Å². The van der Waals surface area contributed by atoms with Gasteiger partial charge in [0.15, 0.2) is 23.9 Å². The van der Waals surface area contributed by atoms with E-state index in [-0.39, 0.29) is 29.3 Å². The Labute approximate surface area is 253 Å². The number of fused-ring (bicyclic) bond motifs is 2. The zero-order chi connectivity index (χ0) is 31.4. The third-order valence-corrected chi connectivity index (χ3v) is 8.83. The highest BCUT2D eigenvalue weighted by Gasteiger charge is 2.47. The second-order valence-corrected chi connectivity index (χ2v) is 12.3. The molecule has 1 aliphatic rings. The van der Waals surface area contributed by atoms with Gasteiger partial charge in [0.05, 0.1) is 19.5 Å². The fourth-order valence-electron chi connectivity index (χ4n) is 4.91. The topological polar surface area (TPSA) is 173 Å². The highest BCUT2D eigenvalue weighted by molar-refractivity contribution is 7.52. The zero-order valence-electron chi connectivity index (χ0n) is 24.6. The van der Waals surface area contributed by atoms with Gasteiger partial charge in [0.2, 0.25) is 0 Å². The average molecular weight is 631 g/mol. The molecule has 4 aromatic rings. The summed E-state index contributed by atoms with van der Waals surface area (Å²) in [7, 11) is -4.35. The van der Waals surface area contributed by atoms with Crippen LogP contribution in [0, 0.1) is 6.92 Å². The third kappa shape index (κ3) is 6.84. The maximum atomic E-state index is 15.4. The minimum atomic E-state index is -4.35. The molecule has 0 radical (unpaired) electrons. The summed E-state index contributed by atoms with van der Waals surface area (Å²) in [5.41, 5.74) is 6.43. The molecule has 0 bridgehead atoms. The molecule has 15 heteroatoms. The van der Waals surface area contributed by atoms with Gasteiger partial charge in [-0.3, -0.25) is 13.9 Å². The van der Waals surface area contributed by atoms with Crippen LogP contribution in [-0.4, -0.2) is 68.2 Å². The molecule has 4 N–H and O–H groups in total. The molecule has 6 atom stereocenters. The van der Waals surface area contributed by atoms with Gasteiger partial charge in [0.1, 0.15) is 35.3 Å². The molecular formula is C29H36FN6O7P. The number of imidazole rings is 1. The number of nitrogens with two attached hydrogens (primary N) is 1. The summed E-state index contributed by atoms with van der Waals surface area (Å²) >= 11 is 0. The molecule has 1 fully saturated rings. The average Bonchev–Trinajstić information content (AvgIpc) is 3.54. The number of unbranched alkanes of at least 4 members (excludes halogenated alkanes) is 2. The van der Waals surface area contributed by atoms with E-state index in [1.54, 1.807) is 31.2 Å². The number of aromatic nitrogens is 4. The molecule has 44 heavy (non-hydrogen) atoms. The number of carbonyl (C=O) groups excluding carboxylic acids is 1. The number of hydrogen-bond donors (Lipinski definition) is 3. The molecule has 1 aliphatic heterocycles. The predicted octanol–water partition coefficient (Wildman–Crippen LogP) is 4.38. The van der Waals surface area contributed by atoms with E-state index in [1.807, 2.05) is 25.1 Å². The summed E-state index contributed by atoms with van der Waals surface area (Å²) in [6, 6.07) is 11.4. The summed E-state index contributed by atoms with van der Waals surface area (Å²) in [6.07, 6.45) is -2.33. The van der Waals surface area contributed by atoms with Crippen molar-refractivity contribution in [3.8, 4) is 5.75 Å². The number of nitrogens with zero attached hydrogens (tertiary/aromatic N) is 4. The van der Waals surface area contributed by atoms with E-state index in [0.29, 0.717) is 17.6 Å². The van der Waals surface area contributed by atoms with E-state index in [1.165, 1.54) is 17.8 Å². The number of esters is 1. The van der Waals surface area contributed by atoms with Gasteiger partial charge in [-0.05, 0) is 31.7 Å². The van der Waals surface area contributed by atoms with Crippen molar-refractivity contribution in [1.29, 1.82) is 0 Å². The van der Waals surface area contributed by atoms with Gasteiger partial charge in [-0.2, -0.15) is 5.09 Å². The number of alkyl halides is 1. The van der Waals surface area contributed by atoms with E-state index >= 15 is 4.39 Å². The predicted molar refractivity (Wildman–Crippen MR) is 161 cm³/mol. The van der Waals surface area contributed by atoms with E-state index in [4.69, 9.17) is 24.3 Å². The van der Waals surface area contributed by atoms with Gasteiger partial charge in [0, 0.05) is 5.39 Å². The van der Waals surface area contributed by atoms with Crippen molar-refractivity contribution in [3.63, 3.8) is 0 Å². The van der Waals surface area contributed by atoms with Gasteiger partial charge in [-0.15, -0.1) is 0 Å². The first kappa shape index (κ1) is 31.7. The molecule has 2 aromatic carbocycles. The zero-order valence-corrected chi connectivity index (χ0v) is 25.5. The number of aliphatic hydroxyl groups excluding tert-OH is 1. The molecule has 3 heterocycles. The van der Waals surface area contributed by atoms with Gasteiger partial charge in [-0.1, -0.05) is 56.2 Å². The molecule has 1 saturated heterocycles. The van der Waals surface area contributed by atoms with Crippen LogP contribution in [0.2, 0.25) is 0 Å². The van der Waals surface area contributed by atoms with Crippen LogP contribution in [0.4, 0.5) is 10.2 Å². The Morgan fingerprint density at radius 3 is 2.80 bits per heavy atom. The lowest BCUT2D eigenvalue weighted by molar-refractivity contribution is -0.145. The van der Waals surface area contributed by atoms with Crippen LogP contribution in [0.25, 0.3) is 21.9 Å². The van der Waals surface area contributed by atoms with Crippen LogP contribution in [0.5, 0.6) is 5.75 Å². The van der Waals surface area contributed by atoms with E-state index in [2.05, 4.69) is 20.0 Å². The van der Waals surface area contributed by atoms with Crippen LogP contribution in [-0.2, 0) is 23.4 Å². The summed E-state index contributed by atoms with van der Waals surface area (Å²) in [4.78, 5) is 25.2. The Morgan fingerprint density at radius 1 is 1.23 bits per heavy atom. The Balaban J connectivity index is 1.35. The fourth-order valence-corrected chi connectivity index (χ4v) is 6.43. The lowest BCUT2D eigenvalue weighted by atomic mass is 10.1. The Hall–Kier alpha value is -3.68. The molecule has 0 saturated carbocycles. The van der Waals surface area contributed by atoms with Crippen molar-refractivity contribution in [2.24, 2.45) is 0 Å². The van der Waals surface area contributed by atoms with Crippen LogP contribution in [0.3, 0.4) is 0 Å². The van der Waals surface area contributed by atoms with Crippen LogP contribution >= 0.6 is 7.75 Å². The Kier molecular flexibility index (Phi) is 9.76. The summed E-state index contributed by atoms with van der Waals surface area (Å²) in [6.45, 7) is 4.80. The largest absolute Gasteiger partial charge is 0.465 e. The number of hydrogen-bond acceptors (Lipinski definition) is 11. The first-order valence-corrected chi connectivity index (χ1v) is 15.9. The quantitative estimate of drug-likeness (QED) is 0.108. The van der Waals surface area contributed by atoms with E-state index < -0.39 is 51.0 Å². The smallest absolute Gasteiger partial charge is 0.459 e. The van der Waals surface area contributed by atoms with Crippen LogP contribution in [0.1, 0.15) is 45.2 Å². The van der Waals surface area contributed by atoms with E-state index in [0.717, 1.165) is 18.2 Å². The molecule has 5 rings (SSSR count). The van der Waals surface area contributed by atoms with E-state index in [9.17, 15) is 14.5 Å². The normalized spacial score (nSPS) is 22.2. The lowest BCUT2D eigenvalue weighted by Gasteiger charge is -2.25. The first-order valence-electron chi connectivity index (χ1n) is 14.4. The number of halogens is 1. The number of carbonyl (C=O) groups is 1. The SMILES string of the molecule is CCCCCOC(=O)[C@@H](C)NP(=O)(OC[C@H]1O[C@@H](n2cnc3c(N)nc(C)nc32)[C@H](F)C1O)Oc1cccc2ccccc12. The number of aliphatic hydroxyl groups is 1. The van der Waals surface area contributed by atoms with Gasteiger partial charge in [-0.25, -0.2) is 23.9 Å². The Morgan fingerprint density at radius 2 is 2.00 bits per heavy atom. The number of nitrogens with one attached hydrogen (secondary N) is 1. The number of ether oxygens (including phenoxy) is 2. The van der Waals surface area contributed by atoms with Crippen molar-refractivity contribution in [1.82, 2.24) is 24.6 Å². The fraction of sp³-hybridized carbons (Fsp3) is 0.448. The number of anilines is 1. The summed E-state index contributed by atoms with van der Waals surface area (Å²) < 4.78 is 53.7.